The van der Waals surface area contributed by atoms with Gasteiger partial charge >= 0.3 is 0 Å². The maximum Gasteiger partial charge on any atom is 0.165 e. The minimum Gasteiger partial charge on any atom is -0.493 e. The van der Waals surface area contributed by atoms with E-state index >= 15 is 0 Å². The molecule has 2 nitrogen and oxygen atoms in total. The third-order valence-electron chi connectivity index (χ3n) is 3.93. The van der Waals surface area contributed by atoms with Crippen LogP contribution in [0, 0.1) is 5.82 Å². The molecule has 2 unspecified atom stereocenters. The van der Waals surface area contributed by atoms with Crippen molar-refractivity contribution in [1.82, 2.24) is 0 Å². The number of hydrogen-bond acceptors (Lipinski definition) is 2. The fourth-order valence-corrected chi connectivity index (χ4v) is 2.53. The van der Waals surface area contributed by atoms with Crippen LogP contribution in [-0.2, 0) is 5.41 Å². The van der Waals surface area contributed by atoms with E-state index in [1.54, 1.807) is 6.07 Å². The number of hydrogen-bond donors (Lipinski definition) is 1. The van der Waals surface area contributed by atoms with Gasteiger partial charge in [-0.3, -0.25) is 0 Å². The van der Waals surface area contributed by atoms with Gasteiger partial charge in [0.25, 0.3) is 0 Å². The van der Waals surface area contributed by atoms with Gasteiger partial charge in [0.05, 0.1) is 7.11 Å². The summed E-state index contributed by atoms with van der Waals surface area (Å²) in [5.41, 5.74) is 6.79. The molecule has 0 saturated heterocycles. The van der Waals surface area contributed by atoms with E-state index in [4.69, 9.17) is 10.5 Å². The lowest BCUT2D eigenvalue weighted by molar-refractivity contribution is 0.357. The van der Waals surface area contributed by atoms with Gasteiger partial charge in [-0.1, -0.05) is 0 Å². The fourth-order valence-electron chi connectivity index (χ4n) is 2.53. The molecule has 2 N–H and O–H groups in total. The van der Waals surface area contributed by atoms with Crippen LogP contribution in [0.25, 0.3) is 0 Å². The van der Waals surface area contributed by atoms with Crippen LogP contribution in [0.15, 0.2) is 12.1 Å². The van der Waals surface area contributed by atoms with Crippen LogP contribution < -0.4 is 10.5 Å². The summed E-state index contributed by atoms with van der Waals surface area (Å²) in [5, 5.41) is 0. The van der Waals surface area contributed by atoms with E-state index in [1.165, 1.54) is 20.1 Å². The lowest BCUT2D eigenvalue weighted by atomic mass is 9.87. The Morgan fingerprint density at radius 3 is 2.33 bits per heavy atom. The van der Waals surface area contributed by atoms with E-state index in [2.05, 4.69) is 0 Å². The van der Waals surface area contributed by atoms with Crippen molar-refractivity contribution in [2.75, 3.05) is 7.11 Å². The Hall–Kier alpha value is -1.16. The Morgan fingerprint density at radius 1 is 1.33 bits per heavy atom. The van der Waals surface area contributed by atoms with Crippen molar-refractivity contribution in [3.8, 4) is 5.75 Å². The maximum atomic E-state index is 14.0. The Kier molecular flexibility index (Phi) is 3.32. The van der Waals surface area contributed by atoms with Crippen molar-refractivity contribution in [2.45, 2.75) is 44.3 Å². The van der Waals surface area contributed by atoms with Crippen LogP contribution in [-0.4, -0.2) is 13.2 Å². The summed E-state index contributed by atoms with van der Waals surface area (Å²) in [6, 6.07) is 2.80. The van der Waals surface area contributed by atoms with Gasteiger partial charge in [-0.25, -0.2) is 8.78 Å². The summed E-state index contributed by atoms with van der Waals surface area (Å²) in [7, 11) is 1.43. The second kappa shape index (κ2) is 4.50. The van der Waals surface area contributed by atoms with Gasteiger partial charge < -0.3 is 10.5 Å². The van der Waals surface area contributed by atoms with Gasteiger partial charge in [-0.2, -0.15) is 0 Å². The Bertz CT molecular complexity index is 453. The highest BCUT2D eigenvalue weighted by Gasteiger charge is 2.49. The zero-order chi connectivity index (χ0) is 13.5. The molecule has 0 aromatic heterocycles. The predicted octanol–water partition coefficient (Wildman–Crippen LogP) is 3.24. The Balaban J connectivity index is 2.57. The molecule has 1 fully saturated rings. The minimum atomic E-state index is -1.20. The van der Waals surface area contributed by atoms with E-state index in [0.717, 1.165) is 12.8 Å². The summed E-state index contributed by atoms with van der Waals surface area (Å²) in [6.07, 6.45) is 0.586. The van der Waals surface area contributed by atoms with E-state index < -0.39 is 12.0 Å². The summed E-state index contributed by atoms with van der Waals surface area (Å²) >= 11 is 0. The van der Waals surface area contributed by atoms with Gasteiger partial charge in [0, 0.05) is 17.0 Å². The maximum absolute atomic E-state index is 14.0. The van der Waals surface area contributed by atoms with Crippen molar-refractivity contribution in [2.24, 2.45) is 5.73 Å². The second-order valence-corrected chi connectivity index (χ2v) is 5.14. The molecule has 0 radical (unpaired) electrons. The fraction of sp³-hybridized carbons (Fsp3) is 0.571. The van der Waals surface area contributed by atoms with Crippen molar-refractivity contribution in [3.63, 3.8) is 0 Å². The number of benzene rings is 1. The van der Waals surface area contributed by atoms with E-state index in [0.29, 0.717) is 11.1 Å². The van der Waals surface area contributed by atoms with E-state index in [1.807, 2.05) is 6.92 Å². The average Bonchev–Trinajstić information content (AvgIpc) is 3.08. The zero-order valence-electron chi connectivity index (χ0n) is 11.0. The van der Waals surface area contributed by atoms with Gasteiger partial charge in [0.15, 0.2) is 11.6 Å². The lowest BCUT2D eigenvalue weighted by Gasteiger charge is -2.24. The summed E-state index contributed by atoms with van der Waals surface area (Å²) < 4.78 is 32.5. The quantitative estimate of drug-likeness (QED) is 0.896. The molecule has 0 bridgehead atoms. The molecular formula is C14H19F2NO. The number of alkyl halides is 1. The van der Waals surface area contributed by atoms with E-state index in [-0.39, 0.29) is 17.2 Å². The normalized spacial score (nSPS) is 20.3. The van der Waals surface area contributed by atoms with Crippen molar-refractivity contribution >= 4 is 0 Å². The monoisotopic (exact) mass is 255 g/mol. The topological polar surface area (TPSA) is 35.2 Å². The van der Waals surface area contributed by atoms with E-state index in [9.17, 15) is 8.78 Å². The first-order valence-corrected chi connectivity index (χ1v) is 6.20. The van der Waals surface area contributed by atoms with Crippen LogP contribution in [0.5, 0.6) is 5.75 Å². The van der Waals surface area contributed by atoms with Crippen molar-refractivity contribution in [3.05, 3.63) is 29.1 Å². The van der Waals surface area contributed by atoms with Crippen LogP contribution in [0.1, 0.15) is 44.0 Å². The smallest absolute Gasteiger partial charge is 0.165 e. The number of rotatable bonds is 4. The number of ether oxygens (including phenoxy) is 1. The first kappa shape index (κ1) is 13.3. The number of methoxy groups -OCH3 is 1. The zero-order valence-corrected chi connectivity index (χ0v) is 11.0. The Labute approximate surface area is 106 Å². The van der Waals surface area contributed by atoms with Crippen molar-refractivity contribution < 1.29 is 13.5 Å². The predicted molar refractivity (Wildman–Crippen MR) is 67.0 cm³/mol. The molecule has 1 aliphatic rings. The third-order valence-corrected chi connectivity index (χ3v) is 3.93. The molecule has 0 spiro atoms. The van der Waals surface area contributed by atoms with Crippen LogP contribution >= 0.6 is 0 Å². The highest BCUT2D eigenvalue weighted by Crippen LogP contribution is 2.54. The van der Waals surface area contributed by atoms with Crippen molar-refractivity contribution in [1.29, 1.82) is 0 Å². The molecule has 1 saturated carbocycles. The molecule has 0 amide bonds. The standard InChI is InChI=1S/C14H19F2NO/c1-8(15)10-6-11(13(18-3)12(16)7-10)14(4-5-14)9(2)17/h6-9H,4-5,17H2,1-3H3. The molecule has 2 rings (SSSR count). The summed E-state index contributed by atoms with van der Waals surface area (Å²) in [6.45, 7) is 3.30. The molecule has 1 aromatic rings. The highest BCUT2D eigenvalue weighted by molar-refractivity contribution is 5.48. The molecular weight excluding hydrogens is 236 g/mol. The molecule has 4 heteroatoms. The molecule has 0 heterocycles. The highest BCUT2D eigenvalue weighted by atomic mass is 19.1. The third kappa shape index (κ3) is 1.99. The summed E-state index contributed by atoms with van der Waals surface area (Å²) in [4.78, 5) is 0. The molecule has 100 valence electrons. The van der Waals surface area contributed by atoms with Crippen LogP contribution in [0.4, 0.5) is 8.78 Å². The minimum absolute atomic E-state index is 0.101. The summed E-state index contributed by atoms with van der Waals surface area (Å²) in [5.74, 6) is -0.310. The van der Waals surface area contributed by atoms with Gasteiger partial charge in [0.1, 0.15) is 6.17 Å². The van der Waals surface area contributed by atoms with Crippen LogP contribution in [0.3, 0.4) is 0 Å². The first-order chi connectivity index (χ1) is 8.42. The molecule has 2 atom stereocenters. The largest absolute Gasteiger partial charge is 0.493 e. The SMILES string of the molecule is COc1c(F)cc(C(C)F)cc1C1(C(C)N)CC1. The average molecular weight is 255 g/mol. The second-order valence-electron chi connectivity index (χ2n) is 5.14. The molecule has 18 heavy (non-hydrogen) atoms. The molecule has 1 aliphatic carbocycles. The van der Waals surface area contributed by atoms with Gasteiger partial charge in [0.2, 0.25) is 0 Å². The molecule has 1 aromatic carbocycles. The van der Waals surface area contributed by atoms with Gasteiger partial charge in [-0.05, 0) is 44.4 Å². The lowest BCUT2D eigenvalue weighted by Crippen LogP contribution is -2.32. The van der Waals surface area contributed by atoms with Gasteiger partial charge in [-0.15, -0.1) is 0 Å². The number of halogens is 2. The number of nitrogens with two attached hydrogens (primary N) is 1. The Morgan fingerprint density at radius 2 is 1.94 bits per heavy atom. The first-order valence-electron chi connectivity index (χ1n) is 6.20. The molecule has 0 aliphatic heterocycles. The van der Waals surface area contributed by atoms with Crippen LogP contribution in [0.2, 0.25) is 0 Å².